The molecule has 0 unspecified atom stereocenters. The van der Waals surface area contributed by atoms with Crippen LogP contribution in [0.4, 0.5) is 4.39 Å². The van der Waals surface area contributed by atoms with Gasteiger partial charge < -0.3 is 4.74 Å². The highest BCUT2D eigenvalue weighted by Gasteiger charge is 2.05. The van der Waals surface area contributed by atoms with Crippen LogP contribution in [0.2, 0.25) is 0 Å². The molecule has 0 fully saturated rings. The lowest BCUT2D eigenvalue weighted by molar-refractivity contribution is 0.121. The normalized spacial score (nSPS) is 10.5. The lowest BCUT2D eigenvalue weighted by Crippen LogP contribution is -2.00. The van der Waals surface area contributed by atoms with Gasteiger partial charge in [0.15, 0.2) is 11.6 Å². The summed E-state index contributed by atoms with van der Waals surface area (Å²) >= 11 is 1.42. The van der Waals surface area contributed by atoms with E-state index < -0.39 is 0 Å². The first-order valence-corrected chi connectivity index (χ1v) is 5.80. The van der Waals surface area contributed by atoms with Crippen molar-refractivity contribution in [1.82, 2.24) is 4.98 Å². The van der Waals surface area contributed by atoms with E-state index in [0.29, 0.717) is 0 Å². The van der Waals surface area contributed by atoms with Crippen molar-refractivity contribution in [1.29, 1.82) is 0 Å². The van der Waals surface area contributed by atoms with Crippen LogP contribution in [0.25, 0.3) is 0 Å². The van der Waals surface area contributed by atoms with Crippen molar-refractivity contribution >= 4 is 11.3 Å². The van der Waals surface area contributed by atoms with E-state index in [4.69, 9.17) is 10.6 Å². The number of nitrogens with zero attached hydrogens (tertiary/aromatic N) is 1. The smallest absolute Gasteiger partial charge is 0.165 e. The number of thiazole rings is 1. The van der Waals surface area contributed by atoms with Crippen LogP contribution in [-0.4, -0.2) is 4.98 Å². The number of hydrogen-bond donors (Lipinski definition) is 1. The second-order valence-electron chi connectivity index (χ2n) is 3.26. The van der Waals surface area contributed by atoms with Gasteiger partial charge >= 0.3 is 0 Å². The number of rotatable bonds is 5. The summed E-state index contributed by atoms with van der Waals surface area (Å²) < 4.78 is 18.6. The third-order valence-electron chi connectivity index (χ3n) is 2.02. The molecular weight excluding hydrogens is 243 g/mol. The maximum Gasteiger partial charge on any atom is 0.165 e. The molecule has 0 aliphatic carbocycles. The van der Waals surface area contributed by atoms with Gasteiger partial charge in [-0.3, -0.25) is 4.84 Å². The maximum atomic E-state index is 13.2. The lowest BCUT2D eigenvalue weighted by Gasteiger charge is -2.04. The molecule has 2 N–H and O–H groups in total. The van der Waals surface area contributed by atoms with E-state index in [1.165, 1.54) is 17.4 Å². The highest BCUT2D eigenvalue weighted by atomic mass is 32.1. The summed E-state index contributed by atoms with van der Waals surface area (Å²) in [5, 5.41) is 2.58. The van der Waals surface area contributed by atoms with Crippen molar-refractivity contribution in [2.75, 3.05) is 0 Å². The number of para-hydroxylation sites is 1. The number of nitrogens with two attached hydrogens (primary N) is 1. The van der Waals surface area contributed by atoms with Gasteiger partial charge in [-0.2, -0.15) is 0 Å². The molecule has 0 aliphatic heterocycles. The van der Waals surface area contributed by atoms with Crippen LogP contribution in [-0.2, 0) is 18.1 Å². The van der Waals surface area contributed by atoms with Gasteiger partial charge in [0.1, 0.15) is 18.2 Å². The van der Waals surface area contributed by atoms with Crippen LogP contribution in [0, 0.1) is 5.82 Å². The molecule has 0 saturated carbocycles. The zero-order valence-corrected chi connectivity index (χ0v) is 9.74. The summed E-state index contributed by atoms with van der Waals surface area (Å²) in [5.41, 5.74) is 0.740. The number of benzene rings is 1. The molecule has 0 aliphatic rings. The van der Waals surface area contributed by atoms with E-state index >= 15 is 0 Å². The SMILES string of the molecule is NOCc1csc(COc2ccccc2F)n1. The van der Waals surface area contributed by atoms with Crippen molar-refractivity contribution in [3.05, 3.63) is 46.2 Å². The summed E-state index contributed by atoms with van der Waals surface area (Å²) in [6, 6.07) is 6.26. The zero-order chi connectivity index (χ0) is 12.1. The Morgan fingerprint density at radius 1 is 1.29 bits per heavy atom. The molecule has 4 nitrogen and oxygen atoms in total. The molecule has 2 aromatic rings. The number of ether oxygens (including phenoxy) is 1. The van der Waals surface area contributed by atoms with Gasteiger partial charge in [0.05, 0.1) is 5.69 Å². The Hall–Kier alpha value is -1.50. The molecule has 0 radical (unpaired) electrons. The van der Waals surface area contributed by atoms with Crippen molar-refractivity contribution in [2.45, 2.75) is 13.2 Å². The number of hydrogen-bond acceptors (Lipinski definition) is 5. The van der Waals surface area contributed by atoms with Crippen LogP contribution < -0.4 is 10.6 Å². The topological polar surface area (TPSA) is 57.4 Å². The van der Waals surface area contributed by atoms with E-state index in [0.717, 1.165) is 10.7 Å². The maximum absolute atomic E-state index is 13.2. The quantitative estimate of drug-likeness (QED) is 0.831. The molecule has 1 aromatic heterocycles. The average Bonchev–Trinajstić information content (AvgIpc) is 2.76. The summed E-state index contributed by atoms with van der Waals surface area (Å²) in [4.78, 5) is 8.68. The van der Waals surface area contributed by atoms with E-state index in [9.17, 15) is 4.39 Å². The molecule has 1 heterocycles. The Bertz CT molecular complexity index is 490. The van der Waals surface area contributed by atoms with Crippen LogP contribution >= 0.6 is 11.3 Å². The minimum atomic E-state index is -0.380. The van der Waals surface area contributed by atoms with Crippen molar-refractivity contribution < 1.29 is 14.0 Å². The Morgan fingerprint density at radius 3 is 2.88 bits per heavy atom. The summed E-state index contributed by atoms with van der Waals surface area (Å²) in [5.74, 6) is 4.78. The fourth-order valence-corrected chi connectivity index (χ4v) is 1.96. The molecule has 17 heavy (non-hydrogen) atoms. The summed E-state index contributed by atoms with van der Waals surface area (Å²) in [7, 11) is 0. The first kappa shape index (κ1) is 12.0. The molecule has 0 atom stereocenters. The second kappa shape index (κ2) is 5.72. The molecule has 0 spiro atoms. The lowest BCUT2D eigenvalue weighted by atomic mass is 10.3. The van der Waals surface area contributed by atoms with Crippen LogP contribution in [0.5, 0.6) is 5.75 Å². The first-order valence-electron chi connectivity index (χ1n) is 4.92. The first-order chi connectivity index (χ1) is 8.29. The number of aromatic nitrogens is 1. The molecule has 0 amide bonds. The minimum absolute atomic E-state index is 0.222. The van der Waals surface area contributed by atoms with Gasteiger partial charge in [0.25, 0.3) is 0 Å². The van der Waals surface area contributed by atoms with Crippen LogP contribution in [0.1, 0.15) is 10.7 Å². The molecular formula is C11H11FN2O2S. The zero-order valence-electron chi connectivity index (χ0n) is 8.93. The van der Waals surface area contributed by atoms with Gasteiger partial charge in [-0.05, 0) is 12.1 Å². The third-order valence-corrected chi connectivity index (χ3v) is 2.89. The van der Waals surface area contributed by atoms with Crippen LogP contribution in [0.3, 0.4) is 0 Å². The summed E-state index contributed by atoms with van der Waals surface area (Å²) in [6.07, 6.45) is 0. The molecule has 0 bridgehead atoms. The fourth-order valence-electron chi connectivity index (χ4n) is 1.27. The van der Waals surface area contributed by atoms with Gasteiger partial charge in [-0.1, -0.05) is 12.1 Å². The van der Waals surface area contributed by atoms with Gasteiger partial charge in [-0.15, -0.1) is 11.3 Å². The van der Waals surface area contributed by atoms with Gasteiger partial charge in [-0.25, -0.2) is 15.3 Å². The fraction of sp³-hybridized carbons (Fsp3) is 0.182. The molecule has 90 valence electrons. The highest BCUT2D eigenvalue weighted by Crippen LogP contribution is 2.18. The average molecular weight is 254 g/mol. The largest absolute Gasteiger partial charge is 0.483 e. The molecule has 1 aromatic carbocycles. The van der Waals surface area contributed by atoms with E-state index in [1.807, 2.05) is 5.38 Å². The Balaban J connectivity index is 1.95. The third kappa shape index (κ3) is 3.23. The second-order valence-corrected chi connectivity index (χ2v) is 4.21. The molecule has 6 heteroatoms. The molecule has 0 saturated heterocycles. The van der Waals surface area contributed by atoms with Crippen molar-refractivity contribution in [3.8, 4) is 5.75 Å². The Morgan fingerprint density at radius 2 is 2.12 bits per heavy atom. The van der Waals surface area contributed by atoms with Gasteiger partial charge in [0.2, 0.25) is 0 Å². The van der Waals surface area contributed by atoms with Crippen molar-refractivity contribution in [2.24, 2.45) is 5.90 Å². The summed E-state index contributed by atoms with van der Waals surface area (Å²) in [6.45, 7) is 0.492. The minimum Gasteiger partial charge on any atom is -0.483 e. The monoisotopic (exact) mass is 254 g/mol. The van der Waals surface area contributed by atoms with Gasteiger partial charge in [0, 0.05) is 5.38 Å². The number of halogens is 1. The van der Waals surface area contributed by atoms with Crippen molar-refractivity contribution in [3.63, 3.8) is 0 Å². The Labute approximate surface area is 102 Å². The Kier molecular flexibility index (Phi) is 4.03. The van der Waals surface area contributed by atoms with E-state index in [1.54, 1.807) is 18.2 Å². The van der Waals surface area contributed by atoms with E-state index in [-0.39, 0.29) is 24.8 Å². The molecule has 2 rings (SSSR count). The highest BCUT2D eigenvalue weighted by molar-refractivity contribution is 7.09. The predicted octanol–water partition coefficient (Wildman–Crippen LogP) is 2.25. The standard InChI is InChI=1S/C11H11FN2O2S/c12-9-3-1-2-4-10(9)15-6-11-14-8(5-16-13)7-17-11/h1-4,7H,5-6,13H2. The van der Waals surface area contributed by atoms with Crippen LogP contribution in [0.15, 0.2) is 29.6 Å². The predicted molar refractivity (Wildman–Crippen MR) is 61.8 cm³/mol. The van der Waals surface area contributed by atoms with E-state index in [2.05, 4.69) is 9.82 Å².